The van der Waals surface area contributed by atoms with Crippen LogP contribution >= 0.6 is 23.4 Å². The summed E-state index contributed by atoms with van der Waals surface area (Å²) in [7, 11) is 1.57. The van der Waals surface area contributed by atoms with Gasteiger partial charge in [0.25, 0.3) is 0 Å². The van der Waals surface area contributed by atoms with Crippen LogP contribution in [0.5, 0.6) is 0 Å². The second-order valence-electron chi connectivity index (χ2n) is 3.55. The lowest BCUT2D eigenvalue weighted by atomic mass is 10.2. The zero-order valence-corrected chi connectivity index (χ0v) is 11.2. The van der Waals surface area contributed by atoms with Gasteiger partial charge in [-0.25, -0.2) is 0 Å². The first-order valence-corrected chi connectivity index (χ1v) is 6.25. The molecule has 1 aromatic heterocycles. The summed E-state index contributed by atoms with van der Waals surface area (Å²) >= 11 is 7.07. The fraction of sp³-hybridized carbons (Fsp3) is 0.0909. The van der Waals surface area contributed by atoms with Gasteiger partial charge in [0, 0.05) is 11.9 Å². The molecular formula is C11H7ClN4O2S. The van der Waals surface area contributed by atoms with Gasteiger partial charge in [0.1, 0.15) is 6.07 Å². The van der Waals surface area contributed by atoms with Gasteiger partial charge >= 0.3 is 11.1 Å². The average molecular weight is 295 g/mol. The lowest BCUT2D eigenvalue weighted by molar-refractivity contribution is 0.596. The summed E-state index contributed by atoms with van der Waals surface area (Å²) in [5.41, 5.74) is -1.25. The maximum atomic E-state index is 11.2. The van der Waals surface area contributed by atoms with Crippen LogP contribution in [0.1, 0.15) is 5.56 Å². The maximum Gasteiger partial charge on any atom is 0.339 e. The van der Waals surface area contributed by atoms with Crippen LogP contribution in [-0.2, 0) is 7.05 Å². The van der Waals surface area contributed by atoms with E-state index in [0.717, 1.165) is 11.8 Å². The van der Waals surface area contributed by atoms with Gasteiger partial charge in [0.15, 0.2) is 5.16 Å². The van der Waals surface area contributed by atoms with Crippen molar-refractivity contribution in [2.24, 2.45) is 7.05 Å². The van der Waals surface area contributed by atoms with E-state index in [-0.39, 0.29) is 0 Å². The lowest BCUT2D eigenvalue weighted by Crippen LogP contribution is -2.33. The van der Waals surface area contributed by atoms with Crippen LogP contribution in [0.25, 0.3) is 0 Å². The first-order chi connectivity index (χ1) is 9.01. The average Bonchev–Trinajstić information content (AvgIpc) is 2.36. The van der Waals surface area contributed by atoms with E-state index in [4.69, 9.17) is 16.9 Å². The topological polar surface area (TPSA) is 91.5 Å². The fourth-order valence-corrected chi connectivity index (χ4v) is 2.43. The molecule has 0 spiro atoms. The summed E-state index contributed by atoms with van der Waals surface area (Å²) in [5, 5.41) is 11.8. The van der Waals surface area contributed by atoms with Gasteiger partial charge in [-0.2, -0.15) is 10.2 Å². The predicted molar refractivity (Wildman–Crippen MR) is 70.4 cm³/mol. The third-order valence-electron chi connectivity index (χ3n) is 2.22. The Morgan fingerprint density at radius 3 is 2.84 bits per heavy atom. The fourth-order valence-electron chi connectivity index (χ4n) is 1.31. The highest BCUT2D eigenvalue weighted by Crippen LogP contribution is 2.28. The van der Waals surface area contributed by atoms with Gasteiger partial charge in [-0.05, 0) is 18.2 Å². The summed E-state index contributed by atoms with van der Waals surface area (Å²) in [4.78, 5) is 26.6. The Bertz CT molecular complexity index is 791. The van der Waals surface area contributed by atoms with Gasteiger partial charge < -0.3 is 0 Å². The van der Waals surface area contributed by atoms with E-state index < -0.39 is 11.1 Å². The van der Waals surface area contributed by atoms with Crippen molar-refractivity contribution in [2.75, 3.05) is 0 Å². The number of benzene rings is 1. The second-order valence-corrected chi connectivity index (χ2v) is 5.00. The summed E-state index contributed by atoms with van der Waals surface area (Å²) < 4.78 is 1.35. The monoisotopic (exact) mass is 294 g/mol. The quantitative estimate of drug-likeness (QED) is 0.839. The molecular weight excluding hydrogens is 288 g/mol. The first kappa shape index (κ1) is 13.4. The Hall–Kier alpha value is -2.04. The van der Waals surface area contributed by atoms with E-state index in [1.54, 1.807) is 25.2 Å². The molecule has 0 bridgehead atoms. The van der Waals surface area contributed by atoms with Crippen molar-refractivity contribution in [3.05, 3.63) is 49.5 Å². The molecule has 0 aliphatic rings. The third-order valence-corrected chi connectivity index (χ3v) is 3.57. The molecule has 96 valence electrons. The summed E-state index contributed by atoms with van der Waals surface area (Å²) in [6.07, 6.45) is 0. The molecule has 0 radical (unpaired) electrons. The van der Waals surface area contributed by atoms with E-state index in [9.17, 15) is 9.59 Å². The highest BCUT2D eigenvalue weighted by molar-refractivity contribution is 7.99. The minimum atomic E-state index is -0.847. The Morgan fingerprint density at radius 1 is 1.47 bits per heavy atom. The van der Waals surface area contributed by atoms with Crippen LogP contribution in [-0.4, -0.2) is 14.8 Å². The molecule has 1 aromatic carbocycles. The number of nitrogens with one attached hydrogen (secondary N) is 1. The van der Waals surface area contributed by atoms with Crippen molar-refractivity contribution in [1.29, 1.82) is 5.26 Å². The lowest BCUT2D eigenvalue weighted by Gasteiger charge is -2.06. The van der Waals surface area contributed by atoms with Crippen molar-refractivity contribution >= 4 is 23.4 Å². The summed E-state index contributed by atoms with van der Waals surface area (Å²) in [6.45, 7) is 0. The van der Waals surface area contributed by atoms with Gasteiger partial charge in [-0.3, -0.25) is 19.4 Å². The molecule has 0 aliphatic carbocycles. The number of nitrogens with zero attached hydrogens (tertiary/aromatic N) is 3. The van der Waals surface area contributed by atoms with Crippen molar-refractivity contribution in [2.45, 2.75) is 10.1 Å². The summed E-state index contributed by atoms with van der Waals surface area (Å²) in [6, 6.07) is 6.82. The number of aromatic amines is 1. The Morgan fingerprint density at radius 2 is 2.21 bits per heavy atom. The molecule has 0 aliphatic heterocycles. The van der Waals surface area contributed by atoms with Crippen LogP contribution < -0.4 is 11.1 Å². The Kier molecular flexibility index (Phi) is 3.74. The Balaban J connectivity index is 2.40. The zero-order valence-electron chi connectivity index (χ0n) is 9.68. The first-order valence-electron chi connectivity index (χ1n) is 5.06. The van der Waals surface area contributed by atoms with E-state index in [1.807, 2.05) is 6.07 Å². The number of hydrogen-bond donors (Lipinski definition) is 1. The Labute approximate surface area is 116 Å². The number of hydrogen-bond acceptors (Lipinski definition) is 5. The van der Waals surface area contributed by atoms with E-state index in [2.05, 4.69) is 10.1 Å². The second kappa shape index (κ2) is 5.30. The molecule has 0 fully saturated rings. The number of rotatable bonds is 2. The summed E-state index contributed by atoms with van der Waals surface area (Å²) in [5.74, 6) is 0. The molecule has 2 aromatic rings. The molecule has 0 atom stereocenters. The van der Waals surface area contributed by atoms with Crippen LogP contribution in [0.15, 0.2) is 37.8 Å². The van der Waals surface area contributed by atoms with E-state index in [1.165, 1.54) is 4.68 Å². The van der Waals surface area contributed by atoms with Gasteiger partial charge in [0.2, 0.25) is 0 Å². The van der Waals surface area contributed by atoms with Gasteiger partial charge in [-0.1, -0.05) is 23.4 Å². The molecule has 1 N–H and O–H groups in total. The van der Waals surface area contributed by atoms with Crippen LogP contribution in [0.2, 0.25) is 5.02 Å². The largest absolute Gasteiger partial charge is 0.339 e. The van der Waals surface area contributed by atoms with E-state index in [0.29, 0.717) is 20.6 Å². The highest BCUT2D eigenvalue weighted by Gasteiger charge is 2.08. The zero-order chi connectivity index (χ0) is 14.0. The molecule has 1 heterocycles. The standard InChI is InChI=1S/C11H7ClN4O2S/c1-16-11(14-9(17)10(18)15-16)19-7-3-2-6(5-13)8(12)4-7/h2-4H,1H3,(H,15,18). The van der Waals surface area contributed by atoms with E-state index >= 15 is 0 Å². The number of nitriles is 1. The third kappa shape index (κ3) is 2.86. The number of H-pyrrole nitrogens is 1. The van der Waals surface area contributed by atoms with Gasteiger partial charge in [-0.15, -0.1) is 0 Å². The molecule has 0 saturated carbocycles. The minimum absolute atomic E-state index is 0.321. The normalized spacial score (nSPS) is 10.2. The minimum Gasteiger partial charge on any atom is -0.265 e. The molecule has 19 heavy (non-hydrogen) atoms. The van der Waals surface area contributed by atoms with Crippen LogP contribution in [0.4, 0.5) is 0 Å². The molecule has 2 rings (SSSR count). The SMILES string of the molecule is Cn1[nH]c(=O)c(=O)nc1Sc1ccc(C#N)c(Cl)c1. The maximum absolute atomic E-state index is 11.2. The van der Waals surface area contributed by atoms with Gasteiger partial charge in [0.05, 0.1) is 10.6 Å². The van der Waals surface area contributed by atoms with Crippen LogP contribution in [0, 0.1) is 11.3 Å². The van der Waals surface area contributed by atoms with Crippen molar-refractivity contribution in [3.63, 3.8) is 0 Å². The molecule has 0 saturated heterocycles. The smallest absolute Gasteiger partial charge is 0.265 e. The molecule has 6 nitrogen and oxygen atoms in total. The number of aromatic nitrogens is 3. The molecule has 0 amide bonds. The predicted octanol–water partition coefficient (Wildman–Crippen LogP) is 1.14. The van der Waals surface area contributed by atoms with Crippen molar-refractivity contribution in [3.8, 4) is 6.07 Å². The van der Waals surface area contributed by atoms with Crippen molar-refractivity contribution < 1.29 is 0 Å². The molecule has 0 unspecified atom stereocenters. The molecule has 8 heteroatoms. The van der Waals surface area contributed by atoms with Crippen molar-refractivity contribution in [1.82, 2.24) is 14.8 Å². The van der Waals surface area contributed by atoms with Crippen LogP contribution in [0.3, 0.4) is 0 Å². The highest BCUT2D eigenvalue weighted by atomic mass is 35.5. The number of halogens is 1. The number of aryl methyl sites for hydroxylation is 1.